The van der Waals surface area contributed by atoms with Gasteiger partial charge >= 0.3 is 0 Å². The lowest BCUT2D eigenvalue weighted by Gasteiger charge is -2.22. The van der Waals surface area contributed by atoms with Crippen molar-refractivity contribution in [3.05, 3.63) is 23.8 Å². The van der Waals surface area contributed by atoms with Gasteiger partial charge < -0.3 is 9.47 Å². The number of ether oxygens (including phenoxy) is 2. The van der Waals surface area contributed by atoms with Gasteiger partial charge in [0.2, 0.25) is 0 Å². The summed E-state index contributed by atoms with van der Waals surface area (Å²) in [7, 11) is 3.29. The van der Waals surface area contributed by atoms with Gasteiger partial charge in [-0.25, -0.2) is 0 Å². The minimum Gasteiger partial charge on any atom is -0.497 e. The second-order valence-electron chi connectivity index (χ2n) is 4.48. The number of hydrogen-bond donors (Lipinski definition) is 0. The molecule has 0 heterocycles. The Morgan fingerprint density at radius 1 is 1.12 bits per heavy atom. The third-order valence-electron chi connectivity index (χ3n) is 3.33. The first kappa shape index (κ1) is 12.0. The van der Waals surface area contributed by atoms with Crippen LogP contribution in [0.3, 0.4) is 0 Å². The van der Waals surface area contributed by atoms with Gasteiger partial charge in [-0.15, -0.1) is 0 Å². The van der Waals surface area contributed by atoms with Crippen molar-refractivity contribution in [3.8, 4) is 11.5 Å². The van der Waals surface area contributed by atoms with Crippen molar-refractivity contribution in [2.24, 2.45) is 0 Å². The minimum absolute atomic E-state index is 0.320. The molecule has 1 aliphatic rings. The fourth-order valence-corrected chi connectivity index (χ4v) is 2.37. The van der Waals surface area contributed by atoms with Crippen LogP contribution in [0.4, 0.5) is 0 Å². The third-order valence-corrected chi connectivity index (χ3v) is 3.33. The van der Waals surface area contributed by atoms with E-state index in [1.807, 2.05) is 18.2 Å². The van der Waals surface area contributed by atoms with Gasteiger partial charge in [0.1, 0.15) is 17.3 Å². The number of rotatable bonds is 3. The molecule has 2 rings (SSSR count). The maximum absolute atomic E-state index is 11.5. The Kier molecular flexibility index (Phi) is 3.67. The Labute approximate surface area is 102 Å². The lowest BCUT2D eigenvalue weighted by atomic mass is 9.83. The van der Waals surface area contributed by atoms with Crippen LogP contribution < -0.4 is 9.47 Å². The molecule has 1 aromatic carbocycles. The standard InChI is InChI=1S/C14H18O3/c1-16-13-7-11(8-14(9-13)17-2)10-4-3-5-12(15)6-10/h7-10H,3-6H2,1-2H3/t10-/m0/s1. The molecule has 0 N–H and O–H groups in total. The molecule has 3 heteroatoms. The van der Waals surface area contributed by atoms with E-state index >= 15 is 0 Å². The van der Waals surface area contributed by atoms with Crippen molar-refractivity contribution in [2.45, 2.75) is 31.6 Å². The molecule has 1 saturated carbocycles. The molecular weight excluding hydrogens is 216 g/mol. The predicted octanol–water partition coefficient (Wildman–Crippen LogP) is 2.93. The molecule has 0 bridgehead atoms. The fraction of sp³-hybridized carbons (Fsp3) is 0.500. The van der Waals surface area contributed by atoms with Crippen LogP contribution in [0.1, 0.15) is 37.2 Å². The van der Waals surface area contributed by atoms with Gasteiger partial charge in [0.15, 0.2) is 0 Å². The molecule has 0 radical (unpaired) electrons. The highest BCUT2D eigenvalue weighted by atomic mass is 16.5. The molecule has 17 heavy (non-hydrogen) atoms. The molecule has 0 aliphatic heterocycles. The maximum Gasteiger partial charge on any atom is 0.133 e. The summed E-state index contributed by atoms with van der Waals surface area (Å²) in [6.45, 7) is 0. The van der Waals surface area contributed by atoms with E-state index < -0.39 is 0 Å². The molecule has 1 fully saturated rings. The van der Waals surface area contributed by atoms with Gasteiger partial charge in [-0.1, -0.05) is 0 Å². The second-order valence-corrected chi connectivity index (χ2v) is 4.48. The Bertz CT molecular complexity index is 390. The van der Waals surface area contributed by atoms with E-state index in [0.29, 0.717) is 18.1 Å². The first-order chi connectivity index (χ1) is 8.22. The highest BCUT2D eigenvalue weighted by Gasteiger charge is 2.21. The average Bonchev–Trinajstić information content (AvgIpc) is 2.38. The first-order valence-electron chi connectivity index (χ1n) is 5.97. The minimum atomic E-state index is 0.320. The quantitative estimate of drug-likeness (QED) is 0.806. The molecule has 0 saturated heterocycles. The zero-order chi connectivity index (χ0) is 12.3. The lowest BCUT2D eigenvalue weighted by molar-refractivity contribution is -0.120. The average molecular weight is 234 g/mol. The highest BCUT2D eigenvalue weighted by molar-refractivity contribution is 5.80. The summed E-state index contributed by atoms with van der Waals surface area (Å²) in [6, 6.07) is 5.87. The number of Topliss-reactive ketones (excluding diaryl/α,β-unsaturated/α-hetero) is 1. The number of ketones is 1. The van der Waals surface area contributed by atoms with Crippen LogP contribution in [-0.2, 0) is 4.79 Å². The van der Waals surface area contributed by atoms with Gasteiger partial charge in [-0.2, -0.15) is 0 Å². The summed E-state index contributed by atoms with van der Waals surface area (Å²) in [6.07, 6.45) is 3.44. The molecule has 1 aromatic rings. The highest BCUT2D eigenvalue weighted by Crippen LogP contribution is 2.35. The molecule has 0 aromatic heterocycles. The third kappa shape index (κ3) is 2.78. The van der Waals surface area contributed by atoms with E-state index in [4.69, 9.17) is 9.47 Å². The largest absolute Gasteiger partial charge is 0.497 e. The van der Waals surface area contributed by atoms with Crippen molar-refractivity contribution >= 4 is 5.78 Å². The molecule has 0 amide bonds. The van der Waals surface area contributed by atoms with E-state index in [9.17, 15) is 4.79 Å². The Hall–Kier alpha value is -1.51. The zero-order valence-electron chi connectivity index (χ0n) is 10.4. The van der Waals surface area contributed by atoms with Gasteiger partial charge in [0.25, 0.3) is 0 Å². The number of carbonyl (C=O) groups excluding carboxylic acids is 1. The van der Waals surface area contributed by atoms with E-state index in [1.165, 1.54) is 0 Å². The summed E-state index contributed by atoms with van der Waals surface area (Å²) in [5.74, 6) is 2.26. The van der Waals surface area contributed by atoms with Crippen molar-refractivity contribution in [1.82, 2.24) is 0 Å². The van der Waals surface area contributed by atoms with Gasteiger partial charge in [0.05, 0.1) is 14.2 Å². The van der Waals surface area contributed by atoms with E-state index in [2.05, 4.69) is 0 Å². The Balaban J connectivity index is 2.26. The fourth-order valence-electron chi connectivity index (χ4n) is 2.37. The van der Waals surface area contributed by atoms with Crippen molar-refractivity contribution < 1.29 is 14.3 Å². The predicted molar refractivity (Wildman–Crippen MR) is 65.8 cm³/mol. The van der Waals surface area contributed by atoms with Crippen molar-refractivity contribution in [3.63, 3.8) is 0 Å². The van der Waals surface area contributed by atoms with E-state index in [1.54, 1.807) is 14.2 Å². The van der Waals surface area contributed by atoms with Crippen LogP contribution in [0, 0.1) is 0 Å². The molecule has 3 nitrogen and oxygen atoms in total. The zero-order valence-corrected chi connectivity index (χ0v) is 10.4. The van der Waals surface area contributed by atoms with Crippen LogP contribution in [0.25, 0.3) is 0 Å². The summed E-state index contributed by atoms with van der Waals surface area (Å²) < 4.78 is 10.5. The van der Waals surface area contributed by atoms with Gasteiger partial charge in [-0.05, 0) is 36.5 Å². The van der Waals surface area contributed by atoms with Crippen molar-refractivity contribution in [2.75, 3.05) is 14.2 Å². The Morgan fingerprint density at radius 3 is 2.29 bits per heavy atom. The maximum atomic E-state index is 11.5. The summed E-state index contributed by atoms with van der Waals surface area (Å²) in [5, 5.41) is 0. The second kappa shape index (κ2) is 5.21. The molecule has 0 spiro atoms. The number of benzene rings is 1. The molecule has 1 atom stereocenters. The number of methoxy groups -OCH3 is 2. The van der Waals surface area contributed by atoms with E-state index in [-0.39, 0.29) is 0 Å². The number of carbonyl (C=O) groups is 1. The van der Waals surface area contributed by atoms with Crippen LogP contribution in [0.2, 0.25) is 0 Å². The smallest absolute Gasteiger partial charge is 0.133 e. The van der Waals surface area contributed by atoms with Crippen LogP contribution in [0.15, 0.2) is 18.2 Å². The molecule has 1 aliphatic carbocycles. The Morgan fingerprint density at radius 2 is 1.76 bits per heavy atom. The summed E-state index contributed by atoms with van der Waals surface area (Å²) >= 11 is 0. The summed E-state index contributed by atoms with van der Waals surface area (Å²) in [4.78, 5) is 11.5. The van der Waals surface area contributed by atoms with Crippen LogP contribution in [0.5, 0.6) is 11.5 Å². The molecule has 0 unspecified atom stereocenters. The molecular formula is C14H18O3. The van der Waals surface area contributed by atoms with Gasteiger partial charge in [-0.3, -0.25) is 4.79 Å². The van der Waals surface area contributed by atoms with Crippen LogP contribution in [-0.4, -0.2) is 20.0 Å². The normalized spacial score (nSPS) is 20.1. The SMILES string of the molecule is COc1cc(OC)cc([C@H]2CCCC(=O)C2)c1. The first-order valence-corrected chi connectivity index (χ1v) is 5.97. The summed E-state index contributed by atoms with van der Waals surface area (Å²) in [5.41, 5.74) is 1.15. The molecule has 92 valence electrons. The van der Waals surface area contributed by atoms with Gasteiger partial charge in [0, 0.05) is 18.9 Å². The van der Waals surface area contributed by atoms with E-state index in [0.717, 1.165) is 36.3 Å². The lowest BCUT2D eigenvalue weighted by Crippen LogP contribution is -2.13. The number of hydrogen-bond acceptors (Lipinski definition) is 3. The topological polar surface area (TPSA) is 35.5 Å². The van der Waals surface area contributed by atoms with Crippen molar-refractivity contribution in [1.29, 1.82) is 0 Å². The monoisotopic (exact) mass is 234 g/mol. The van der Waals surface area contributed by atoms with Crippen LogP contribution >= 0.6 is 0 Å².